The molecule has 0 aromatic heterocycles. The van der Waals surface area contributed by atoms with Gasteiger partial charge in [0, 0.05) is 18.1 Å². The normalized spacial score (nSPS) is 10.2. The zero-order chi connectivity index (χ0) is 15.1. The molecule has 0 aliphatic carbocycles. The Balaban J connectivity index is 2.69. The van der Waals surface area contributed by atoms with Crippen molar-refractivity contribution >= 4 is 33.6 Å². The van der Waals surface area contributed by atoms with Crippen LogP contribution in [-0.4, -0.2) is 49.2 Å². The first kappa shape index (κ1) is 16.5. The topological polar surface area (TPSA) is 81.7 Å². The molecule has 0 aliphatic rings. The van der Waals surface area contributed by atoms with Gasteiger partial charge in [0.1, 0.15) is 0 Å². The van der Waals surface area contributed by atoms with Gasteiger partial charge in [0.2, 0.25) is 0 Å². The van der Waals surface area contributed by atoms with Crippen LogP contribution in [0.4, 0.5) is 10.5 Å². The number of nitrogens with zero attached hydrogens (tertiary/aromatic N) is 1. The molecule has 1 rings (SSSR count). The largest absolute Gasteiger partial charge is 0.478 e. The second-order valence-electron chi connectivity index (χ2n) is 4.31. The van der Waals surface area contributed by atoms with E-state index in [0.29, 0.717) is 16.7 Å². The number of urea groups is 1. The van der Waals surface area contributed by atoms with Gasteiger partial charge >= 0.3 is 12.0 Å². The molecule has 0 fully saturated rings. The van der Waals surface area contributed by atoms with Crippen molar-refractivity contribution < 1.29 is 14.7 Å². The van der Waals surface area contributed by atoms with Gasteiger partial charge in [0.25, 0.3) is 0 Å². The summed E-state index contributed by atoms with van der Waals surface area (Å²) < 4.78 is 0.638. The Bertz CT molecular complexity index is 494. The maximum atomic E-state index is 12.0. The summed E-state index contributed by atoms with van der Waals surface area (Å²) in [5.41, 5.74) is 0.566. The number of hydrogen-bond acceptors (Lipinski definition) is 3. The lowest BCUT2D eigenvalue weighted by Gasteiger charge is -2.18. The predicted octanol–water partition coefficient (Wildman–Crippen LogP) is 2.22. The molecule has 7 heteroatoms. The van der Waals surface area contributed by atoms with Crippen molar-refractivity contribution in [1.82, 2.24) is 10.2 Å². The highest BCUT2D eigenvalue weighted by Crippen LogP contribution is 2.24. The van der Waals surface area contributed by atoms with Gasteiger partial charge in [-0.25, -0.2) is 9.59 Å². The molecule has 0 unspecified atom stereocenters. The van der Waals surface area contributed by atoms with Crippen LogP contribution in [-0.2, 0) is 0 Å². The highest BCUT2D eigenvalue weighted by atomic mass is 79.9. The number of carbonyl (C=O) groups excluding carboxylic acids is 1. The first-order valence-corrected chi connectivity index (χ1v) is 6.94. The minimum atomic E-state index is -1.03. The average molecular weight is 344 g/mol. The zero-order valence-electron chi connectivity index (χ0n) is 11.4. The van der Waals surface area contributed by atoms with Crippen LogP contribution in [0.1, 0.15) is 16.8 Å². The van der Waals surface area contributed by atoms with Crippen molar-refractivity contribution in [2.45, 2.75) is 6.42 Å². The SMILES string of the molecule is CNCCCN(C)C(=O)Nc1cc(C(=O)O)ccc1Br. The van der Waals surface area contributed by atoms with Crippen LogP contribution in [0.15, 0.2) is 22.7 Å². The molecular weight excluding hydrogens is 326 g/mol. The fourth-order valence-corrected chi connectivity index (χ4v) is 1.91. The van der Waals surface area contributed by atoms with Crippen LogP contribution < -0.4 is 10.6 Å². The fraction of sp³-hybridized carbons (Fsp3) is 0.385. The molecule has 0 saturated carbocycles. The molecule has 0 heterocycles. The molecule has 0 atom stereocenters. The lowest BCUT2D eigenvalue weighted by Crippen LogP contribution is -2.33. The van der Waals surface area contributed by atoms with E-state index in [2.05, 4.69) is 26.6 Å². The Hall–Kier alpha value is -1.60. The van der Waals surface area contributed by atoms with Gasteiger partial charge in [-0.05, 0) is 54.1 Å². The second-order valence-corrected chi connectivity index (χ2v) is 5.16. The first-order chi connectivity index (χ1) is 9.45. The van der Waals surface area contributed by atoms with Crippen molar-refractivity contribution in [3.63, 3.8) is 0 Å². The van der Waals surface area contributed by atoms with E-state index < -0.39 is 5.97 Å². The summed E-state index contributed by atoms with van der Waals surface area (Å²) in [7, 11) is 3.55. The van der Waals surface area contributed by atoms with Crippen LogP contribution >= 0.6 is 15.9 Å². The summed E-state index contributed by atoms with van der Waals surface area (Å²) in [5, 5.41) is 14.6. The summed E-state index contributed by atoms with van der Waals surface area (Å²) in [6.07, 6.45) is 0.844. The molecule has 1 aromatic carbocycles. The lowest BCUT2D eigenvalue weighted by molar-refractivity contribution is 0.0697. The summed E-state index contributed by atoms with van der Waals surface area (Å²) >= 11 is 3.28. The van der Waals surface area contributed by atoms with Gasteiger partial charge in [0.05, 0.1) is 11.3 Å². The van der Waals surface area contributed by atoms with E-state index in [1.165, 1.54) is 12.1 Å². The van der Waals surface area contributed by atoms with Crippen molar-refractivity contribution in [1.29, 1.82) is 0 Å². The number of anilines is 1. The number of aromatic carboxylic acids is 1. The highest BCUT2D eigenvalue weighted by molar-refractivity contribution is 9.10. The van der Waals surface area contributed by atoms with E-state index in [1.807, 2.05) is 7.05 Å². The molecule has 0 aliphatic heterocycles. The van der Waals surface area contributed by atoms with Crippen molar-refractivity contribution in [2.75, 3.05) is 32.5 Å². The van der Waals surface area contributed by atoms with Crippen molar-refractivity contribution in [3.05, 3.63) is 28.2 Å². The number of hydrogen-bond donors (Lipinski definition) is 3. The smallest absolute Gasteiger partial charge is 0.335 e. The van der Waals surface area contributed by atoms with E-state index in [-0.39, 0.29) is 11.6 Å². The third-order valence-electron chi connectivity index (χ3n) is 2.72. The summed E-state index contributed by atoms with van der Waals surface area (Å²) in [4.78, 5) is 24.4. The van der Waals surface area contributed by atoms with E-state index in [1.54, 1.807) is 18.0 Å². The molecule has 0 spiro atoms. The molecule has 0 bridgehead atoms. The van der Waals surface area contributed by atoms with Crippen LogP contribution in [0.3, 0.4) is 0 Å². The van der Waals surface area contributed by atoms with Gasteiger partial charge in [0.15, 0.2) is 0 Å². The Kier molecular flexibility index (Phi) is 6.47. The third-order valence-corrected chi connectivity index (χ3v) is 3.41. The zero-order valence-corrected chi connectivity index (χ0v) is 13.0. The molecule has 110 valence electrons. The summed E-state index contributed by atoms with van der Waals surface area (Å²) in [6.45, 7) is 1.44. The highest BCUT2D eigenvalue weighted by Gasteiger charge is 2.12. The van der Waals surface area contributed by atoms with Crippen LogP contribution in [0.25, 0.3) is 0 Å². The number of carboxylic acid groups (broad SMARTS) is 1. The molecule has 2 amide bonds. The number of carboxylic acids is 1. The van der Waals surface area contributed by atoms with Crippen LogP contribution in [0.2, 0.25) is 0 Å². The molecule has 0 saturated heterocycles. The van der Waals surface area contributed by atoms with Crippen molar-refractivity contribution in [2.24, 2.45) is 0 Å². The lowest BCUT2D eigenvalue weighted by atomic mass is 10.2. The van der Waals surface area contributed by atoms with Gasteiger partial charge in [-0.1, -0.05) is 0 Å². The molecule has 1 aromatic rings. The fourth-order valence-electron chi connectivity index (χ4n) is 1.56. The Morgan fingerprint density at radius 2 is 2.10 bits per heavy atom. The third kappa shape index (κ3) is 4.82. The molecule has 3 N–H and O–H groups in total. The maximum Gasteiger partial charge on any atom is 0.335 e. The number of halogens is 1. The van der Waals surface area contributed by atoms with E-state index in [0.717, 1.165) is 13.0 Å². The number of nitrogens with one attached hydrogen (secondary N) is 2. The number of amides is 2. The van der Waals surface area contributed by atoms with Gasteiger partial charge < -0.3 is 20.6 Å². The van der Waals surface area contributed by atoms with E-state index >= 15 is 0 Å². The monoisotopic (exact) mass is 343 g/mol. The van der Waals surface area contributed by atoms with Gasteiger partial charge in [-0.2, -0.15) is 0 Å². The Labute approximate surface area is 126 Å². The van der Waals surface area contributed by atoms with E-state index in [4.69, 9.17) is 5.11 Å². The molecule has 20 heavy (non-hydrogen) atoms. The molecular formula is C13H18BrN3O3. The average Bonchev–Trinajstić information content (AvgIpc) is 2.41. The molecule has 0 radical (unpaired) electrons. The second kappa shape index (κ2) is 7.86. The Morgan fingerprint density at radius 1 is 1.40 bits per heavy atom. The predicted molar refractivity (Wildman–Crippen MR) is 81.3 cm³/mol. The minimum Gasteiger partial charge on any atom is -0.478 e. The Morgan fingerprint density at radius 3 is 2.70 bits per heavy atom. The summed E-state index contributed by atoms with van der Waals surface area (Å²) in [6, 6.07) is 4.22. The number of carbonyl (C=O) groups is 2. The van der Waals surface area contributed by atoms with Gasteiger partial charge in [-0.3, -0.25) is 0 Å². The van der Waals surface area contributed by atoms with E-state index in [9.17, 15) is 9.59 Å². The minimum absolute atomic E-state index is 0.126. The molecule has 6 nitrogen and oxygen atoms in total. The quantitative estimate of drug-likeness (QED) is 0.691. The van der Waals surface area contributed by atoms with Gasteiger partial charge in [-0.15, -0.1) is 0 Å². The van der Waals surface area contributed by atoms with Crippen molar-refractivity contribution in [3.8, 4) is 0 Å². The van der Waals surface area contributed by atoms with Crippen LogP contribution in [0.5, 0.6) is 0 Å². The first-order valence-electron chi connectivity index (χ1n) is 6.15. The maximum absolute atomic E-state index is 12.0. The number of rotatable bonds is 6. The standard InChI is InChI=1S/C13H18BrN3O3/c1-15-6-3-7-17(2)13(20)16-11-8-9(12(18)19)4-5-10(11)14/h4-5,8,15H,3,6-7H2,1-2H3,(H,16,20)(H,18,19). The number of benzene rings is 1. The van der Waals surface area contributed by atoms with Crippen LogP contribution in [0, 0.1) is 0 Å². The summed E-state index contributed by atoms with van der Waals surface area (Å²) in [5.74, 6) is -1.03.